The van der Waals surface area contributed by atoms with Crippen LogP contribution in [0.4, 0.5) is 5.95 Å². The van der Waals surface area contributed by atoms with Gasteiger partial charge in [0, 0.05) is 37.4 Å². The number of anilines is 1. The fourth-order valence-electron chi connectivity index (χ4n) is 3.98. The van der Waals surface area contributed by atoms with Gasteiger partial charge in [-0.15, -0.1) is 0 Å². The average molecular weight is 286 g/mol. The second kappa shape index (κ2) is 5.28. The van der Waals surface area contributed by atoms with Crippen molar-refractivity contribution in [1.29, 1.82) is 0 Å². The lowest BCUT2D eigenvalue weighted by Crippen LogP contribution is -2.49. The summed E-state index contributed by atoms with van der Waals surface area (Å²) in [6.45, 7) is 1.80. The molecule has 112 valence electrons. The van der Waals surface area contributed by atoms with Crippen molar-refractivity contribution in [3.05, 3.63) is 18.5 Å². The molecule has 2 aliphatic carbocycles. The van der Waals surface area contributed by atoms with Crippen LogP contribution in [0.15, 0.2) is 18.5 Å². The van der Waals surface area contributed by atoms with E-state index < -0.39 is 0 Å². The molecule has 1 saturated heterocycles. The molecule has 2 saturated carbocycles. The SMILES string of the molecule is O=C(NC1CCCN(c2ncccn2)C1)C1CC2CC2C1. The predicted molar refractivity (Wildman–Crippen MR) is 79.7 cm³/mol. The monoisotopic (exact) mass is 286 g/mol. The van der Waals surface area contributed by atoms with Crippen LogP contribution in [0.25, 0.3) is 0 Å². The van der Waals surface area contributed by atoms with Crippen molar-refractivity contribution in [2.24, 2.45) is 17.8 Å². The molecule has 1 aliphatic heterocycles. The molecule has 1 aromatic rings. The molecule has 0 spiro atoms. The highest BCUT2D eigenvalue weighted by Crippen LogP contribution is 2.54. The van der Waals surface area contributed by atoms with Gasteiger partial charge in [-0.2, -0.15) is 0 Å². The molecule has 3 atom stereocenters. The molecule has 3 fully saturated rings. The Labute approximate surface area is 125 Å². The largest absolute Gasteiger partial charge is 0.351 e. The van der Waals surface area contributed by atoms with Gasteiger partial charge in [-0.25, -0.2) is 9.97 Å². The molecule has 1 N–H and O–H groups in total. The number of amides is 1. The molecular formula is C16H22N4O. The normalized spacial score (nSPS) is 34.4. The van der Waals surface area contributed by atoms with Crippen LogP contribution in [0.2, 0.25) is 0 Å². The van der Waals surface area contributed by atoms with Crippen molar-refractivity contribution < 1.29 is 4.79 Å². The van der Waals surface area contributed by atoms with Crippen LogP contribution >= 0.6 is 0 Å². The average Bonchev–Trinajstić information content (AvgIpc) is 3.14. The van der Waals surface area contributed by atoms with E-state index in [-0.39, 0.29) is 17.9 Å². The van der Waals surface area contributed by atoms with Crippen LogP contribution in [-0.2, 0) is 4.79 Å². The number of nitrogens with zero attached hydrogens (tertiary/aromatic N) is 3. The first-order valence-electron chi connectivity index (χ1n) is 8.12. The van der Waals surface area contributed by atoms with Crippen molar-refractivity contribution >= 4 is 11.9 Å². The summed E-state index contributed by atoms with van der Waals surface area (Å²) < 4.78 is 0. The molecular weight excluding hydrogens is 264 g/mol. The molecule has 5 nitrogen and oxygen atoms in total. The summed E-state index contributed by atoms with van der Waals surface area (Å²) in [4.78, 5) is 23.2. The summed E-state index contributed by atoms with van der Waals surface area (Å²) in [7, 11) is 0. The fourth-order valence-corrected chi connectivity index (χ4v) is 3.98. The number of carbonyl (C=O) groups excluding carboxylic acids is 1. The van der Waals surface area contributed by atoms with Crippen LogP contribution in [-0.4, -0.2) is 35.0 Å². The van der Waals surface area contributed by atoms with E-state index in [9.17, 15) is 4.79 Å². The van der Waals surface area contributed by atoms with E-state index in [4.69, 9.17) is 0 Å². The third-order valence-corrected chi connectivity index (χ3v) is 5.22. The van der Waals surface area contributed by atoms with Gasteiger partial charge in [0.15, 0.2) is 0 Å². The Hall–Kier alpha value is -1.65. The molecule has 3 aliphatic rings. The zero-order valence-electron chi connectivity index (χ0n) is 12.2. The lowest BCUT2D eigenvalue weighted by Gasteiger charge is -2.33. The first-order chi connectivity index (χ1) is 10.3. The van der Waals surface area contributed by atoms with Crippen molar-refractivity contribution in [2.75, 3.05) is 18.0 Å². The minimum atomic E-state index is 0.243. The van der Waals surface area contributed by atoms with E-state index in [1.54, 1.807) is 12.4 Å². The molecule has 1 amide bonds. The van der Waals surface area contributed by atoms with Gasteiger partial charge in [0.25, 0.3) is 0 Å². The van der Waals surface area contributed by atoms with Gasteiger partial charge in [-0.1, -0.05) is 0 Å². The standard InChI is InChI=1S/C16H22N4O/c21-15(13-8-11-7-12(11)9-13)19-14-3-1-6-20(10-14)16-17-4-2-5-18-16/h2,4-5,11-14H,1,3,6-10H2,(H,19,21). The van der Waals surface area contributed by atoms with Crippen molar-refractivity contribution in [1.82, 2.24) is 15.3 Å². The first-order valence-corrected chi connectivity index (χ1v) is 8.12. The van der Waals surface area contributed by atoms with Crippen molar-refractivity contribution in [2.45, 2.75) is 38.1 Å². The van der Waals surface area contributed by atoms with Gasteiger partial charge in [0.05, 0.1) is 0 Å². The van der Waals surface area contributed by atoms with E-state index in [1.807, 2.05) is 6.07 Å². The predicted octanol–water partition coefficient (Wildman–Crippen LogP) is 1.61. The molecule has 0 bridgehead atoms. The Kier molecular flexibility index (Phi) is 3.28. The maximum absolute atomic E-state index is 12.4. The van der Waals surface area contributed by atoms with Crippen molar-refractivity contribution in [3.8, 4) is 0 Å². The second-order valence-corrected chi connectivity index (χ2v) is 6.77. The third-order valence-electron chi connectivity index (χ3n) is 5.22. The van der Waals surface area contributed by atoms with E-state index in [2.05, 4.69) is 20.2 Å². The Balaban J connectivity index is 1.34. The molecule has 1 aromatic heterocycles. The minimum Gasteiger partial charge on any atom is -0.351 e. The Bertz CT molecular complexity index is 510. The smallest absolute Gasteiger partial charge is 0.225 e. The summed E-state index contributed by atoms with van der Waals surface area (Å²) in [6, 6.07) is 2.07. The van der Waals surface area contributed by atoms with Gasteiger partial charge < -0.3 is 10.2 Å². The van der Waals surface area contributed by atoms with E-state index >= 15 is 0 Å². The number of hydrogen-bond donors (Lipinski definition) is 1. The van der Waals surface area contributed by atoms with Gasteiger partial charge in [-0.05, 0) is 50.0 Å². The van der Waals surface area contributed by atoms with Crippen LogP contribution in [0.1, 0.15) is 32.1 Å². The third kappa shape index (κ3) is 2.74. The summed E-state index contributed by atoms with van der Waals surface area (Å²) in [6.07, 6.45) is 9.30. The quantitative estimate of drug-likeness (QED) is 0.917. The van der Waals surface area contributed by atoms with E-state index in [0.717, 1.165) is 56.6 Å². The summed E-state index contributed by atoms with van der Waals surface area (Å²) in [5.41, 5.74) is 0. The van der Waals surface area contributed by atoms with Crippen molar-refractivity contribution in [3.63, 3.8) is 0 Å². The van der Waals surface area contributed by atoms with Gasteiger partial charge >= 0.3 is 0 Å². The highest BCUT2D eigenvalue weighted by Gasteiger charge is 2.48. The second-order valence-electron chi connectivity index (χ2n) is 6.77. The lowest BCUT2D eigenvalue weighted by molar-refractivity contribution is -0.125. The maximum Gasteiger partial charge on any atom is 0.225 e. The van der Waals surface area contributed by atoms with Crippen LogP contribution in [0.3, 0.4) is 0 Å². The number of carbonyl (C=O) groups is 1. The molecule has 5 heteroatoms. The van der Waals surface area contributed by atoms with Crippen LogP contribution in [0, 0.1) is 17.8 Å². The lowest BCUT2D eigenvalue weighted by atomic mass is 10.0. The topological polar surface area (TPSA) is 58.1 Å². The molecule has 0 radical (unpaired) electrons. The van der Waals surface area contributed by atoms with Gasteiger partial charge in [0.2, 0.25) is 11.9 Å². The summed E-state index contributed by atoms with van der Waals surface area (Å²) in [5.74, 6) is 3.06. The number of piperidine rings is 1. The van der Waals surface area contributed by atoms with Crippen LogP contribution in [0.5, 0.6) is 0 Å². The van der Waals surface area contributed by atoms with Gasteiger partial charge in [0.1, 0.15) is 0 Å². The number of fused-ring (bicyclic) bond motifs is 1. The Morgan fingerprint density at radius 2 is 1.95 bits per heavy atom. The number of nitrogens with one attached hydrogen (secondary N) is 1. The zero-order chi connectivity index (χ0) is 14.2. The molecule has 21 heavy (non-hydrogen) atoms. The first kappa shape index (κ1) is 13.0. The number of rotatable bonds is 3. The Morgan fingerprint density at radius 3 is 2.71 bits per heavy atom. The fraction of sp³-hybridized carbons (Fsp3) is 0.688. The highest BCUT2D eigenvalue weighted by atomic mass is 16.2. The highest BCUT2D eigenvalue weighted by molar-refractivity contribution is 5.79. The van der Waals surface area contributed by atoms with E-state index in [0.29, 0.717) is 0 Å². The van der Waals surface area contributed by atoms with Gasteiger partial charge in [-0.3, -0.25) is 4.79 Å². The Morgan fingerprint density at radius 1 is 1.19 bits per heavy atom. The summed E-state index contributed by atoms with van der Waals surface area (Å²) in [5, 5.41) is 3.27. The zero-order valence-corrected chi connectivity index (χ0v) is 12.2. The molecule has 2 heterocycles. The molecule has 0 aromatic carbocycles. The number of hydrogen-bond acceptors (Lipinski definition) is 4. The summed E-state index contributed by atoms with van der Waals surface area (Å²) >= 11 is 0. The maximum atomic E-state index is 12.4. The minimum absolute atomic E-state index is 0.243. The molecule has 4 rings (SSSR count). The molecule has 3 unspecified atom stereocenters. The van der Waals surface area contributed by atoms with E-state index in [1.165, 1.54) is 6.42 Å². The number of aromatic nitrogens is 2. The van der Waals surface area contributed by atoms with Crippen LogP contribution < -0.4 is 10.2 Å².